The van der Waals surface area contributed by atoms with Crippen LogP contribution in [0.3, 0.4) is 0 Å². The molecule has 2 nitrogen and oxygen atoms in total. The van der Waals surface area contributed by atoms with Crippen molar-refractivity contribution in [2.45, 2.75) is 19.3 Å². The lowest BCUT2D eigenvalue weighted by Gasteiger charge is -2.22. The first-order valence-electron chi connectivity index (χ1n) is 3.00. The molecule has 1 aliphatic rings. The van der Waals surface area contributed by atoms with Gasteiger partial charge in [0.15, 0.2) is 0 Å². The molecular formula is C5H9FO2S. The Labute approximate surface area is 54.3 Å². The van der Waals surface area contributed by atoms with Crippen molar-refractivity contribution < 1.29 is 12.3 Å². The van der Waals surface area contributed by atoms with Crippen molar-refractivity contribution in [3.8, 4) is 0 Å². The van der Waals surface area contributed by atoms with Crippen LogP contribution in [-0.2, 0) is 10.2 Å². The summed E-state index contributed by atoms with van der Waals surface area (Å²) in [4.78, 5) is 0. The van der Waals surface area contributed by atoms with Gasteiger partial charge in [0.05, 0.1) is 5.75 Å². The maximum atomic E-state index is 11.8. The number of rotatable bonds is 2. The number of hydrogen-bond donors (Lipinski definition) is 0. The van der Waals surface area contributed by atoms with Crippen LogP contribution in [0.5, 0.6) is 0 Å². The summed E-state index contributed by atoms with van der Waals surface area (Å²) in [6, 6.07) is 0. The predicted octanol–water partition coefficient (Wildman–Crippen LogP) is 1.09. The van der Waals surface area contributed by atoms with Crippen molar-refractivity contribution in [1.82, 2.24) is 0 Å². The van der Waals surface area contributed by atoms with Gasteiger partial charge in [-0.1, -0.05) is 6.42 Å². The molecule has 9 heavy (non-hydrogen) atoms. The Morgan fingerprint density at radius 2 is 2.00 bits per heavy atom. The van der Waals surface area contributed by atoms with Crippen LogP contribution in [0.25, 0.3) is 0 Å². The zero-order chi connectivity index (χ0) is 6.91. The summed E-state index contributed by atoms with van der Waals surface area (Å²) in [7, 11) is -4.18. The molecule has 0 aromatic rings. The topological polar surface area (TPSA) is 34.1 Å². The summed E-state index contributed by atoms with van der Waals surface area (Å²) in [5, 5.41) is 0. The molecule has 0 N–H and O–H groups in total. The highest BCUT2D eigenvalue weighted by atomic mass is 32.3. The molecule has 1 fully saturated rings. The van der Waals surface area contributed by atoms with Crippen molar-refractivity contribution in [1.29, 1.82) is 0 Å². The van der Waals surface area contributed by atoms with Crippen LogP contribution in [0, 0.1) is 5.92 Å². The molecule has 54 valence electrons. The first-order chi connectivity index (χ1) is 4.08. The molecule has 0 radical (unpaired) electrons. The lowest BCUT2D eigenvalue weighted by Crippen LogP contribution is -2.19. The fourth-order valence-corrected chi connectivity index (χ4v) is 1.84. The van der Waals surface area contributed by atoms with Crippen molar-refractivity contribution >= 4 is 10.2 Å². The third kappa shape index (κ3) is 2.30. The van der Waals surface area contributed by atoms with E-state index in [9.17, 15) is 12.3 Å². The number of halogens is 1. The van der Waals surface area contributed by atoms with Crippen LogP contribution in [-0.4, -0.2) is 14.2 Å². The van der Waals surface area contributed by atoms with E-state index >= 15 is 0 Å². The van der Waals surface area contributed by atoms with Gasteiger partial charge in [0.2, 0.25) is 0 Å². The highest BCUT2D eigenvalue weighted by Crippen LogP contribution is 2.27. The normalized spacial score (nSPS) is 21.4. The minimum Gasteiger partial charge on any atom is -0.195 e. The van der Waals surface area contributed by atoms with Gasteiger partial charge in [0, 0.05) is 0 Å². The summed E-state index contributed by atoms with van der Waals surface area (Å²) in [5.41, 5.74) is 0. The van der Waals surface area contributed by atoms with Crippen LogP contribution < -0.4 is 0 Å². The number of hydrogen-bond acceptors (Lipinski definition) is 2. The van der Waals surface area contributed by atoms with E-state index < -0.39 is 10.2 Å². The van der Waals surface area contributed by atoms with Crippen molar-refractivity contribution in [3.05, 3.63) is 0 Å². The third-order valence-electron chi connectivity index (χ3n) is 1.66. The highest BCUT2D eigenvalue weighted by Gasteiger charge is 2.23. The molecule has 1 rings (SSSR count). The zero-order valence-corrected chi connectivity index (χ0v) is 5.82. The summed E-state index contributed by atoms with van der Waals surface area (Å²) in [5.74, 6) is -0.146. The van der Waals surface area contributed by atoms with Gasteiger partial charge in [-0.05, 0) is 18.8 Å². The third-order valence-corrected chi connectivity index (χ3v) is 2.53. The molecule has 0 atom stereocenters. The summed E-state index contributed by atoms with van der Waals surface area (Å²) in [6.45, 7) is 0. The van der Waals surface area contributed by atoms with E-state index in [1.165, 1.54) is 0 Å². The summed E-state index contributed by atoms with van der Waals surface area (Å²) >= 11 is 0. The average molecular weight is 152 g/mol. The van der Waals surface area contributed by atoms with Crippen LogP contribution in [0.2, 0.25) is 0 Å². The van der Waals surface area contributed by atoms with Crippen molar-refractivity contribution in [2.24, 2.45) is 5.92 Å². The van der Waals surface area contributed by atoms with E-state index in [-0.39, 0.29) is 11.7 Å². The van der Waals surface area contributed by atoms with Gasteiger partial charge in [-0.15, -0.1) is 3.89 Å². The van der Waals surface area contributed by atoms with Gasteiger partial charge in [-0.3, -0.25) is 0 Å². The Bertz CT molecular complexity index is 181. The molecule has 0 unspecified atom stereocenters. The Morgan fingerprint density at radius 3 is 2.11 bits per heavy atom. The fraction of sp³-hybridized carbons (Fsp3) is 1.00. The smallest absolute Gasteiger partial charge is 0.195 e. The fourth-order valence-electron chi connectivity index (χ4n) is 0.941. The highest BCUT2D eigenvalue weighted by molar-refractivity contribution is 7.86. The Balaban J connectivity index is 2.33. The minimum atomic E-state index is -4.18. The maximum absolute atomic E-state index is 11.8. The van der Waals surface area contributed by atoms with Crippen LogP contribution in [0.1, 0.15) is 19.3 Å². The lowest BCUT2D eigenvalue weighted by atomic mass is 9.87. The first-order valence-corrected chi connectivity index (χ1v) is 4.55. The lowest BCUT2D eigenvalue weighted by molar-refractivity contribution is 0.343. The largest absolute Gasteiger partial charge is 0.302 e. The van der Waals surface area contributed by atoms with Gasteiger partial charge in [0.25, 0.3) is 0 Å². The molecule has 0 aromatic carbocycles. The van der Waals surface area contributed by atoms with E-state index in [4.69, 9.17) is 0 Å². The zero-order valence-electron chi connectivity index (χ0n) is 5.01. The van der Waals surface area contributed by atoms with E-state index in [1.807, 2.05) is 0 Å². The second-order valence-corrected chi connectivity index (χ2v) is 3.91. The molecule has 0 saturated heterocycles. The molecule has 1 saturated carbocycles. The molecule has 1 aliphatic carbocycles. The molecule has 0 heterocycles. The quantitative estimate of drug-likeness (QED) is 0.555. The van der Waals surface area contributed by atoms with E-state index in [2.05, 4.69) is 0 Å². The molecule has 0 bridgehead atoms. The molecular weight excluding hydrogens is 143 g/mol. The van der Waals surface area contributed by atoms with Crippen LogP contribution >= 0.6 is 0 Å². The monoisotopic (exact) mass is 152 g/mol. The average Bonchev–Trinajstić information content (AvgIpc) is 1.53. The second kappa shape index (κ2) is 2.25. The van der Waals surface area contributed by atoms with E-state index in [0.29, 0.717) is 0 Å². The Kier molecular flexibility index (Phi) is 1.75. The Hall–Kier alpha value is -0.120. The van der Waals surface area contributed by atoms with Gasteiger partial charge >= 0.3 is 10.2 Å². The van der Waals surface area contributed by atoms with E-state index in [1.54, 1.807) is 0 Å². The standard InChI is InChI=1S/C5H9FO2S/c6-9(7,8)4-5-2-1-3-5/h5H,1-4H2. The van der Waals surface area contributed by atoms with Gasteiger partial charge in [-0.25, -0.2) is 0 Å². The van der Waals surface area contributed by atoms with Gasteiger partial charge in [-0.2, -0.15) is 8.42 Å². The molecule has 4 heteroatoms. The van der Waals surface area contributed by atoms with Crippen LogP contribution in [0.15, 0.2) is 0 Å². The SMILES string of the molecule is O=S(=O)(F)CC1CCC1. The van der Waals surface area contributed by atoms with Crippen LogP contribution in [0.4, 0.5) is 3.89 Å². The van der Waals surface area contributed by atoms with Gasteiger partial charge in [0.1, 0.15) is 0 Å². The summed E-state index contributed by atoms with van der Waals surface area (Å²) < 4.78 is 31.8. The maximum Gasteiger partial charge on any atom is 0.302 e. The molecule has 0 spiro atoms. The van der Waals surface area contributed by atoms with Gasteiger partial charge < -0.3 is 0 Å². The second-order valence-electron chi connectivity index (χ2n) is 2.50. The van der Waals surface area contributed by atoms with Crippen molar-refractivity contribution in [3.63, 3.8) is 0 Å². The molecule has 0 amide bonds. The molecule has 0 aliphatic heterocycles. The Morgan fingerprint density at radius 1 is 1.44 bits per heavy atom. The molecule has 0 aromatic heterocycles. The predicted molar refractivity (Wildman–Crippen MR) is 32.2 cm³/mol. The summed E-state index contributed by atoms with van der Waals surface area (Å²) in [6.07, 6.45) is 2.81. The van der Waals surface area contributed by atoms with Crippen molar-refractivity contribution in [2.75, 3.05) is 5.75 Å². The van der Waals surface area contributed by atoms with E-state index in [0.717, 1.165) is 19.3 Å². The minimum absolute atomic E-state index is 0.111. The first kappa shape index (κ1) is 6.99.